The topological polar surface area (TPSA) is 12.0 Å². The molecule has 0 aromatic carbocycles. The van der Waals surface area contributed by atoms with Crippen molar-refractivity contribution in [3.8, 4) is 0 Å². The maximum absolute atomic E-state index is 3.22. The van der Waals surface area contributed by atoms with Gasteiger partial charge in [-0.15, -0.1) is 0 Å². The zero-order chi connectivity index (χ0) is 14.9. The van der Waals surface area contributed by atoms with Crippen molar-refractivity contribution in [2.75, 3.05) is 13.6 Å². The standard InChI is InChI=1S/C19H41N/c1-19(2)17-15-13-11-9-7-5-4-6-8-10-12-14-16-18-20-3/h19-20H,4-18H2,1-3H3. The molecule has 0 saturated carbocycles. The van der Waals surface area contributed by atoms with Crippen molar-refractivity contribution in [3.05, 3.63) is 0 Å². The van der Waals surface area contributed by atoms with Gasteiger partial charge < -0.3 is 5.32 Å². The van der Waals surface area contributed by atoms with E-state index in [0.29, 0.717) is 0 Å². The molecule has 0 atom stereocenters. The Kier molecular flexibility index (Phi) is 17.0. The molecule has 0 rings (SSSR count). The highest BCUT2D eigenvalue weighted by Crippen LogP contribution is 2.14. The summed E-state index contributed by atoms with van der Waals surface area (Å²) >= 11 is 0. The highest BCUT2D eigenvalue weighted by atomic mass is 14.8. The summed E-state index contributed by atoms with van der Waals surface area (Å²) < 4.78 is 0. The normalized spacial score (nSPS) is 11.4. The van der Waals surface area contributed by atoms with Crippen LogP contribution in [0, 0.1) is 5.92 Å². The molecule has 0 heterocycles. The molecule has 0 aliphatic carbocycles. The van der Waals surface area contributed by atoms with Gasteiger partial charge in [-0.2, -0.15) is 0 Å². The van der Waals surface area contributed by atoms with E-state index in [4.69, 9.17) is 0 Å². The van der Waals surface area contributed by atoms with E-state index >= 15 is 0 Å². The Labute approximate surface area is 129 Å². The molecule has 1 N–H and O–H groups in total. The molecule has 122 valence electrons. The zero-order valence-electron chi connectivity index (χ0n) is 14.7. The van der Waals surface area contributed by atoms with Crippen LogP contribution in [0.1, 0.15) is 104 Å². The smallest absolute Gasteiger partial charge is 0.00519 e. The molecule has 1 nitrogen and oxygen atoms in total. The first-order valence-electron chi connectivity index (χ1n) is 9.42. The Balaban J connectivity index is 2.92. The van der Waals surface area contributed by atoms with Crippen molar-refractivity contribution < 1.29 is 0 Å². The Morgan fingerprint density at radius 2 is 0.900 bits per heavy atom. The number of hydrogen-bond acceptors (Lipinski definition) is 1. The third-order valence-electron chi connectivity index (χ3n) is 4.21. The van der Waals surface area contributed by atoms with Gasteiger partial charge in [-0.1, -0.05) is 97.3 Å². The molecule has 0 aromatic rings. The van der Waals surface area contributed by atoms with Crippen LogP contribution in [-0.2, 0) is 0 Å². The van der Waals surface area contributed by atoms with E-state index in [9.17, 15) is 0 Å². The van der Waals surface area contributed by atoms with Crippen LogP contribution >= 0.6 is 0 Å². The van der Waals surface area contributed by atoms with Crippen LogP contribution in [0.15, 0.2) is 0 Å². The molecule has 0 unspecified atom stereocenters. The monoisotopic (exact) mass is 283 g/mol. The first-order chi connectivity index (χ1) is 9.77. The van der Waals surface area contributed by atoms with Gasteiger partial charge in [-0.05, 0) is 25.9 Å². The first-order valence-corrected chi connectivity index (χ1v) is 9.42. The van der Waals surface area contributed by atoms with Crippen molar-refractivity contribution in [1.29, 1.82) is 0 Å². The van der Waals surface area contributed by atoms with Gasteiger partial charge in [0.25, 0.3) is 0 Å². The van der Waals surface area contributed by atoms with E-state index in [0.717, 1.165) is 5.92 Å². The van der Waals surface area contributed by atoms with E-state index in [1.165, 1.54) is 96.4 Å². The van der Waals surface area contributed by atoms with Gasteiger partial charge in [0.15, 0.2) is 0 Å². The van der Waals surface area contributed by atoms with Crippen LogP contribution in [0.4, 0.5) is 0 Å². The average molecular weight is 284 g/mol. The van der Waals surface area contributed by atoms with Gasteiger partial charge >= 0.3 is 0 Å². The van der Waals surface area contributed by atoms with E-state index in [1.54, 1.807) is 0 Å². The highest BCUT2D eigenvalue weighted by molar-refractivity contribution is 4.51. The first kappa shape index (κ1) is 20.0. The molecule has 0 bridgehead atoms. The second-order valence-corrected chi connectivity index (χ2v) is 6.88. The molecule has 1 heteroatoms. The Bertz CT molecular complexity index is 165. The molecule has 0 aromatic heterocycles. The highest BCUT2D eigenvalue weighted by Gasteiger charge is 1.95. The fourth-order valence-electron chi connectivity index (χ4n) is 2.80. The van der Waals surface area contributed by atoms with E-state index in [2.05, 4.69) is 19.2 Å². The molecule has 0 aliphatic rings. The number of hydrogen-bond donors (Lipinski definition) is 1. The maximum Gasteiger partial charge on any atom is -0.00519 e. The van der Waals surface area contributed by atoms with Crippen molar-refractivity contribution in [3.63, 3.8) is 0 Å². The number of nitrogens with one attached hydrogen (secondary N) is 1. The fourth-order valence-corrected chi connectivity index (χ4v) is 2.80. The van der Waals surface area contributed by atoms with Gasteiger partial charge in [0.05, 0.1) is 0 Å². The maximum atomic E-state index is 3.22. The van der Waals surface area contributed by atoms with Gasteiger partial charge in [0.1, 0.15) is 0 Å². The van der Waals surface area contributed by atoms with Crippen LogP contribution in [0.25, 0.3) is 0 Å². The van der Waals surface area contributed by atoms with E-state index in [1.807, 2.05) is 7.05 Å². The van der Waals surface area contributed by atoms with Crippen LogP contribution in [0.5, 0.6) is 0 Å². The van der Waals surface area contributed by atoms with Crippen LogP contribution in [-0.4, -0.2) is 13.6 Å². The zero-order valence-corrected chi connectivity index (χ0v) is 14.7. The summed E-state index contributed by atoms with van der Waals surface area (Å²) in [6.45, 7) is 5.86. The molecule has 0 amide bonds. The lowest BCUT2D eigenvalue weighted by molar-refractivity contribution is 0.502. The molecule has 0 saturated heterocycles. The van der Waals surface area contributed by atoms with Gasteiger partial charge in [-0.3, -0.25) is 0 Å². The fraction of sp³-hybridized carbons (Fsp3) is 1.00. The lowest BCUT2D eigenvalue weighted by atomic mass is 10.0. The quantitative estimate of drug-likeness (QED) is 0.327. The second-order valence-electron chi connectivity index (χ2n) is 6.88. The summed E-state index contributed by atoms with van der Waals surface area (Å²) in [4.78, 5) is 0. The van der Waals surface area contributed by atoms with Crippen molar-refractivity contribution in [1.82, 2.24) is 5.32 Å². The van der Waals surface area contributed by atoms with Crippen LogP contribution in [0.3, 0.4) is 0 Å². The third-order valence-corrected chi connectivity index (χ3v) is 4.21. The summed E-state index contributed by atoms with van der Waals surface area (Å²) in [5, 5.41) is 3.22. The molecule has 0 radical (unpaired) electrons. The molecule has 0 spiro atoms. The Morgan fingerprint density at radius 1 is 0.550 bits per heavy atom. The van der Waals surface area contributed by atoms with E-state index in [-0.39, 0.29) is 0 Å². The summed E-state index contributed by atoms with van der Waals surface area (Å²) in [5.41, 5.74) is 0. The Morgan fingerprint density at radius 3 is 1.25 bits per heavy atom. The minimum Gasteiger partial charge on any atom is -0.320 e. The van der Waals surface area contributed by atoms with Crippen molar-refractivity contribution >= 4 is 0 Å². The van der Waals surface area contributed by atoms with Crippen LogP contribution in [0.2, 0.25) is 0 Å². The SMILES string of the molecule is CNCCCCCCCCCCCCCCCC(C)C. The molecular weight excluding hydrogens is 242 g/mol. The summed E-state index contributed by atoms with van der Waals surface area (Å²) in [6.07, 6.45) is 20.3. The van der Waals surface area contributed by atoms with Gasteiger partial charge in [-0.25, -0.2) is 0 Å². The largest absolute Gasteiger partial charge is 0.320 e. The number of unbranched alkanes of at least 4 members (excludes halogenated alkanes) is 12. The van der Waals surface area contributed by atoms with Crippen molar-refractivity contribution in [2.24, 2.45) is 5.92 Å². The molecular formula is C19H41N. The molecule has 0 aliphatic heterocycles. The summed E-state index contributed by atoms with van der Waals surface area (Å²) in [5.74, 6) is 0.897. The van der Waals surface area contributed by atoms with Crippen molar-refractivity contribution in [2.45, 2.75) is 104 Å². The third kappa shape index (κ3) is 18.0. The molecule has 20 heavy (non-hydrogen) atoms. The Hall–Kier alpha value is -0.0400. The summed E-state index contributed by atoms with van der Waals surface area (Å²) in [7, 11) is 2.05. The average Bonchev–Trinajstić information content (AvgIpc) is 2.43. The lowest BCUT2D eigenvalue weighted by Gasteiger charge is -2.05. The van der Waals surface area contributed by atoms with Gasteiger partial charge in [0.2, 0.25) is 0 Å². The number of rotatable bonds is 16. The lowest BCUT2D eigenvalue weighted by Crippen LogP contribution is -2.06. The predicted octanol–water partition coefficient (Wildman–Crippen LogP) is 6.32. The minimum absolute atomic E-state index is 0.897. The minimum atomic E-state index is 0.897. The predicted molar refractivity (Wildman–Crippen MR) is 93.4 cm³/mol. The second kappa shape index (κ2) is 17.0. The van der Waals surface area contributed by atoms with E-state index < -0.39 is 0 Å². The molecule has 0 fully saturated rings. The summed E-state index contributed by atoms with van der Waals surface area (Å²) in [6, 6.07) is 0. The van der Waals surface area contributed by atoms with Crippen LogP contribution < -0.4 is 5.32 Å². The van der Waals surface area contributed by atoms with Gasteiger partial charge in [0, 0.05) is 0 Å².